The number of phosphoric ester groups is 2. The van der Waals surface area contributed by atoms with Gasteiger partial charge in [-0.2, -0.15) is 0 Å². The van der Waals surface area contributed by atoms with Crippen molar-refractivity contribution in [3.63, 3.8) is 0 Å². The van der Waals surface area contributed by atoms with Gasteiger partial charge in [-0.1, -0.05) is 306 Å². The largest absolute Gasteiger partial charge is 0.472 e. The Morgan fingerprint density at radius 2 is 0.462 bits per heavy atom. The quantitative estimate of drug-likeness (QED) is 0.0222. The van der Waals surface area contributed by atoms with Gasteiger partial charge in [-0.05, 0) is 49.4 Å². The molecule has 0 bridgehead atoms. The van der Waals surface area contributed by atoms with Crippen LogP contribution < -0.4 is 0 Å². The summed E-state index contributed by atoms with van der Waals surface area (Å²) in [7, 11) is -9.90. The predicted octanol–water partition coefficient (Wildman–Crippen LogP) is 20.5. The minimum atomic E-state index is -4.95. The summed E-state index contributed by atoms with van der Waals surface area (Å²) in [5, 5.41) is 10.6. The van der Waals surface area contributed by atoms with Gasteiger partial charge in [-0.15, -0.1) is 0 Å². The maximum atomic E-state index is 13.0. The lowest BCUT2D eigenvalue weighted by Crippen LogP contribution is -2.30. The normalized spacial score (nSPS) is 14.2. The summed E-state index contributed by atoms with van der Waals surface area (Å²) in [5.41, 5.74) is 0. The molecule has 5 atom stereocenters. The van der Waals surface area contributed by atoms with Crippen molar-refractivity contribution in [3.8, 4) is 0 Å². The zero-order valence-corrected chi connectivity index (χ0v) is 61.3. The molecule has 0 aliphatic heterocycles. The lowest BCUT2D eigenvalue weighted by atomic mass is 10.0. The number of hydrogen-bond acceptors (Lipinski definition) is 15. The summed E-state index contributed by atoms with van der Waals surface area (Å²) in [6.45, 7) is 14.1. The lowest BCUT2D eigenvalue weighted by Gasteiger charge is -2.21. The van der Waals surface area contributed by atoms with Gasteiger partial charge in [-0.25, -0.2) is 9.13 Å². The van der Waals surface area contributed by atoms with Crippen LogP contribution in [0.25, 0.3) is 0 Å². The molecule has 0 saturated heterocycles. The molecule has 17 nitrogen and oxygen atoms in total. The van der Waals surface area contributed by atoms with Crippen LogP contribution in [0.4, 0.5) is 0 Å². The Morgan fingerprint density at radius 3 is 0.681 bits per heavy atom. The average Bonchev–Trinajstić information content (AvgIpc) is 3.53. The summed E-state index contributed by atoms with van der Waals surface area (Å²) < 4.78 is 68.3. The molecule has 3 unspecified atom stereocenters. The maximum Gasteiger partial charge on any atom is 0.472 e. The molecule has 0 heterocycles. The number of phosphoric acid groups is 2. The van der Waals surface area contributed by atoms with Crippen molar-refractivity contribution in [1.82, 2.24) is 0 Å². The molecule has 0 aromatic rings. The molecule has 0 aromatic carbocycles. The van der Waals surface area contributed by atoms with Crippen molar-refractivity contribution in [2.45, 2.75) is 375 Å². The van der Waals surface area contributed by atoms with E-state index in [0.29, 0.717) is 37.5 Å². The van der Waals surface area contributed by atoms with E-state index in [1.165, 1.54) is 154 Å². The summed E-state index contributed by atoms with van der Waals surface area (Å²) >= 11 is 0. The second-order valence-electron chi connectivity index (χ2n) is 27.9. The molecule has 0 radical (unpaired) electrons. The molecule has 0 spiro atoms. The highest BCUT2D eigenvalue weighted by molar-refractivity contribution is 7.47. The highest BCUT2D eigenvalue weighted by Crippen LogP contribution is 2.45. The molecule has 0 aromatic heterocycles. The fraction of sp³-hybridized carbons (Fsp3) is 0.944. The van der Waals surface area contributed by atoms with Crippen molar-refractivity contribution < 1.29 is 80.2 Å². The SMILES string of the molecule is CC(C)CCCCCCCCCCCCCCCCCCC(=O)O[C@H](COC(=O)CCCCCCCCCC(C)C)COP(=O)(O)OCC(O)COP(=O)(O)OC[C@@H](COC(=O)CCCCCCCCCCCC(C)C)OC(=O)CCCCCCCCCC(C)C. The summed E-state index contributed by atoms with van der Waals surface area (Å²) in [6.07, 6.45) is 44.7. The first-order valence-electron chi connectivity index (χ1n) is 37.2. The summed E-state index contributed by atoms with van der Waals surface area (Å²) in [4.78, 5) is 72.6. The topological polar surface area (TPSA) is 237 Å². The van der Waals surface area contributed by atoms with Gasteiger partial charge in [0.1, 0.15) is 19.3 Å². The van der Waals surface area contributed by atoms with E-state index in [-0.39, 0.29) is 25.7 Å². The number of aliphatic hydroxyl groups excluding tert-OH is 1. The van der Waals surface area contributed by atoms with Crippen molar-refractivity contribution >= 4 is 39.5 Å². The number of carbonyl (C=O) groups is 4. The van der Waals surface area contributed by atoms with E-state index in [1.54, 1.807) is 0 Å². The number of aliphatic hydroxyl groups is 1. The zero-order chi connectivity index (χ0) is 67.5. The van der Waals surface area contributed by atoms with E-state index in [9.17, 15) is 43.2 Å². The molecule has 3 N–H and O–H groups in total. The van der Waals surface area contributed by atoms with Crippen LogP contribution in [0.3, 0.4) is 0 Å². The fourth-order valence-electron chi connectivity index (χ4n) is 10.8. The molecule has 0 rings (SSSR count). The van der Waals surface area contributed by atoms with Gasteiger partial charge in [0, 0.05) is 25.7 Å². The van der Waals surface area contributed by atoms with Crippen molar-refractivity contribution in [3.05, 3.63) is 0 Å². The van der Waals surface area contributed by atoms with Crippen LogP contribution in [0.15, 0.2) is 0 Å². The molecule has 0 fully saturated rings. The summed E-state index contributed by atoms with van der Waals surface area (Å²) in [6, 6.07) is 0. The number of ether oxygens (including phenoxy) is 4. The number of rotatable bonds is 69. The van der Waals surface area contributed by atoms with Crippen LogP contribution in [0.2, 0.25) is 0 Å². The van der Waals surface area contributed by atoms with Crippen molar-refractivity contribution in [2.75, 3.05) is 39.6 Å². The number of esters is 4. The van der Waals surface area contributed by atoms with Crippen LogP contribution in [0.5, 0.6) is 0 Å². The van der Waals surface area contributed by atoms with E-state index in [1.807, 2.05) is 0 Å². The average molecular weight is 1340 g/mol. The Labute approximate surface area is 556 Å². The summed E-state index contributed by atoms with van der Waals surface area (Å²) in [5.74, 6) is 0.824. The van der Waals surface area contributed by atoms with E-state index >= 15 is 0 Å². The molecule has 0 amide bonds. The molecule has 0 saturated carbocycles. The van der Waals surface area contributed by atoms with Gasteiger partial charge in [-0.3, -0.25) is 37.3 Å². The van der Waals surface area contributed by atoms with Crippen LogP contribution >= 0.6 is 15.6 Å². The van der Waals surface area contributed by atoms with Crippen molar-refractivity contribution in [2.24, 2.45) is 23.7 Å². The third-order valence-electron chi connectivity index (χ3n) is 16.6. The molecule has 0 aliphatic rings. The Morgan fingerprint density at radius 1 is 0.275 bits per heavy atom. The third-order valence-corrected chi connectivity index (χ3v) is 18.5. The van der Waals surface area contributed by atoms with Crippen LogP contribution in [-0.4, -0.2) is 96.7 Å². The lowest BCUT2D eigenvalue weighted by molar-refractivity contribution is -0.161. The first kappa shape index (κ1) is 89.1. The minimum Gasteiger partial charge on any atom is -0.462 e. The first-order chi connectivity index (χ1) is 43.6. The monoisotopic (exact) mass is 1340 g/mol. The second-order valence-corrected chi connectivity index (χ2v) is 30.8. The molecule has 0 aliphatic carbocycles. The van der Waals surface area contributed by atoms with Crippen LogP contribution in [-0.2, 0) is 65.4 Å². The zero-order valence-electron chi connectivity index (χ0n) is 59.5. The minimum absolute atomic E-state index is 0.103. The Hall–Kier alpha value is -1.94. The Kier molecular flexibility index (Phi) is 60.3. The fourth-order valence-corrected chi connectivity index (χ4v) is 12.4. The van der Waals surface area contributed by atoms with Gasteiger partial charge >= 0.3 is 39.5 Å². The van der Waals surface area contributed by atoms with Crippen molar-refractivity contribution in [1.29, 1.82) is 0 Å². The van der Waals surface area contributed by atoms with Gasteiger partial charge < -0.3 is 33.8 Å². The number of unbranched alkanes of at least 4 members (excludes halogenated alkanes) is 35. The highest BCUT2D eigenvalue weighted by atomic mass is 31.2. The van der Waals surface area contributed by atoms with E-state index in [4.69, 9.17) is 37.0 Å². The first-order valence-corrected chi connectivity index (χ1v) is 40.2. The van der Waals surface area contributed by atoms with Gasteiger partial charge in [0.15, 0.2) is 12.2 Å². The van der Waals surface area contributed by atoms with Gasteiger partial charge in [0.25, 0.3) is 0 Å². The molecule has 19 heteroatoms. The molecular weight excluding hydrogens is 1200 g/mol. The Balaban J connectivity index is 5.20. The highest BCUT2D eigenvalue weighted by Gasteiger charge is 2.30. The van der Waals surface area contributed by atoms with Gasteiger partial charge in [0.05, 0.1) is 26.4 Å². The van der Waals surface area contributed by atoms with E-state index in [0.717, 1.165) is 108 Å². The maximum absolute atomic E-state index is 13.0. The van der Waals surface area contributed by atoms with Crippen LogP contribution in [0, 0.1) is 23.7 Å². The second kappa shape index (κ2) is 61.6. The Bertz CT molecular complexity index is 1800. The molecule has 91 heavy (non-hydrogen) atoms. The molecule has 540 valence electrons. The van der Waals surface area contributed by atoms with E-state index in [2.05, 4.69) is 55.4 Å². The smallest absolute Gasteiger partial charge is 0.462 e. The predicted molar refractivity (Wildman–Crippen MR) is 367 cm³/mol. The molecular formula is C72H140O17P2. The van der Waals surface area contributed by atoms with Gasteiger partial charge in [0.2, 0.25) is 0 Å². The van der Waals surface area contributed by atoms with E-state index < -0.39 is 97.5 Å². The van der Waals surface area contributed by atoms with Crippen LogP contribution in [0.1, 0.15) is 357 Å². The standard InChI is InChI=1S/C72H140O17P2/c1-62(2)48-40-32-24-18-15-13-11-9-10-12-14-16-20-29-38-46-54-71(76)88-67(59-83-70(75)53-45-37-30-22-26-34-42-50-64(5)6)60-86-90(78,79)84-56-66(73)57-85-91(80,81)87-61-68(89-72(77)55-47-39-31-23-27-35-43-51-65(7)8)58-82-69(74)52-44-36-28-21-17-19-25-33-41-49-63(3)4/h62-68,73H,9-61H2,1-8H3,(H,78,79)(H,80,81)/t66?,67-,68-/m1/s1. The third kappa shape index (κ3) is 66.5. The number of hydrogen-bond donors (Lipinski definition) is 3. The number of carbonyl (C=O) groups excluding carboxylic acids is 4.